The zero-order valence-corrected chi connectivity index (χ0v) is 8.33. The topological polar surface area (TPSA) is 21.3 Å². The average molecular weight is 180 g/mol. The van der Waals surface area contributed by atoms with Crippen molar-refractivity contribution in [3.05, 3.63) is 0 Å². The molecular weight excluding hydrogens is 162 g/mol. The minimum absolute atomic E-state index is 0. The summed E-state index contributed by atoms with van der Waals surface area (Å²) < 4.78 is 5.56. The van der Waals surface area contributed by atoms with Crippen LogP contribution in [0.25, 0.3) is 0 Å². The lowest BCUT2D eigenvalue weighted by atomic mass is 10.0. The van der Waals surface area contributed by atoms with Crippen molar-refractivity contribution in [2.75, 3.05) is 13.2 Å². The molecular formula is C8H18ClNO. The molecule has 0 aliphatic carbocycles. The number of nitrogens with one attached hydrogen (secondary N) is 1. The monoisotopic (exact) mass is 179 g/mol. The van der Waals surface area contributed by atoms with Crippen molar-refractivity contribution in [1.29, 1.82) is 0 Å². The van der Waals surface area contributed by atoms with Crippen LogP contribution in [0.3, 0.4) is 0 Å². The highest BCUT2D eigenvalue weighted by Crippen LogP contribution is 2.21. The van der Waals surface area contributed by atoms with Gasteiger partial charge in [-0.2, -0.15) is 0 Å². The minimum Gasteiger partial charge on any atom is -0.377 e. The maximum Gasteiger partial charge on any atom is 0.0763 e. The average Bonchev–Trinajstić information content (AvgIpc) is 2.13. The number of hydrogen-bond acceptors (Lipinski definition) is 2. The highest BCUT2D eigenvalue weighted by atomic mass is 35.5. The van der Waals surface area contributed by atoms with E-state index in [1.165, 1.54) is 0 Å². The van der Waals surface area contributed by atoms with Gasteiger partial charge in [-0.05, 0) is 33.7 Å². The van der Waals surface area contributed by atoms with E-state index >= 15 is 0 Å². The molecule has 0 amide bonds. The smallest absolute Gasteiger partial charge is 0.0763 e. The zero-order chi connectivity index (χ0) is 7.61. The van der Waals surface area contributed by atoms with E-state index in [0.29, 0.717) is 6.10 Å². The fraction of sp³-hybridized carbons (Fsp3) is 1.00. The summed E-state index contributed by atoms with van der Waals surface area (Å²) in [5.41, 5.74) is 0.190. The van der Waals surface area contributed by atoms with Crippen molar-refractivity contribution in [2.45, 2.75) is 38.8 Å². The molecule has 3 heteroatoms. The van der Waals surface area contributed by atoms with Gasteiger partial charge in [0, 0.05) is 12.1 Å². The Balaban J connectivity index is 0.000001000. The van der Waals surface area contributed by atoms with Gasteiger partial charge < -0.3 is 10.1 Å². The van der Waals surface area contributed by atoms with Crippen LogP contribution in [0.4, 0.5) is 0 Å². The second-order valence-corrected chi connectivity index (χ2v) is 3.38. The first-order chi connectivity index (χ1) is 4.67. The molecule has 0 bridgehead atoms. The Morgan fingerprint density at radius 1 is 1.55 bits per heavy atom. The highest BCUT2D eigenvalue weighted by molar-refractivity contribution is 5.85. The first kappa shape index (κ1) is 11.2. The van der Waals surface area contributed by atoms with Gasteiger partial charge in [-0.3, -0.25) is 0 Å². The summed E-state index contributed by atoms with van der Waals surface area (Å²) in [5.74, 6) is 0. The fourth-order valence-corrected chi connectivity index (χ4v) is 1.49. The van der Waals surface area contributed by atoms with E-state index in [2.05, 4.69) is 26.1 Å². The SMILES string of the molecule is CCOC1CCNC1(C)C.Cl. The van der Waals surface area contributed by atoms with Crippen molar-refractivity contribution < 1.29 is 4.74 Å². The van der Waals surface area contributed by atoms with E-state index in [1.54, 1.807) is 0 Å². The van der Waals surface area contributed by atoms with Crippen LogP contribution >= 0.6 is 12.4 Å². The molecule has 1 aliphatic rings. The zero-order valence-electron chi connectivity index (χ0n) is 7.52. The number of rotatable bonds is 2. The van der Waals surface area contributed by atoms with Crippen LogP contribution in [0.1, 0.15) is 27.2 Å². The van der Waals surface area contributed by atoms with E-state index in [1.807, 2.05) is 0 Å². The third-order valence-corrected chi connectivity index (χ3v) is 2.16. The molecule has 0 aromatic heterocycles. The van der Waals surface area contributed by atoms with Gasteiger partial charge in [-0.25, -0.2) is 0 Å². The fourth-order valence-electron chi connectivity index (χ4n) is 1.49. The second-order valence-electron chi connectivity index (χ2n) is 3.38. The van der Waals surface area contributed by atoms with Crippen LogP contribution in [0.2, 0.25) is 0 Å². The van der Waals surface area contributed by atoms with Crippen molar-refractivity contribution in [2.24, 2.45) is 0 Å². The van der Waals surface area contributed by atoms with Crippen molar-refractivity contribution in [1.82, 2.24) is 5.32 Å². The minimum atomic E-state index is 0. The summed E-state index contributed by atoms with van der Waals surface area (Å²) in [6, 6.07) is 0. The van der Waals surface area contributed by atoms with Gasteiger partial charge in [0.05, 0.1) is 6.10 Å². The van der Waals surface area contributed by atoms with Crippen LogP contribution in [-0.2, 0) is 4.74 Å². The first-order valence-corrected chi connectivity index (χ1v) is 4.03. The molecule has 1 aliphatic heterocycles. The Bertz CT molecular complexity index is 117. The van der Waals surface area contributed by atoms with E-state index < -0.39 is 0 Å². The molecule has 1 rings (SSSR count). The van der Waals surface area contributed by atoms with Crippen LogP contribution in [0.5, 0.6) is 0 Å². The third-order valence-electron chi connectivity index (χ3n) is 2.16. The number of hydrogen-bond donors (Lipinski definition) is 1. The number of ether oxygens (including phenoxy) is 1. The Morgan fingerprint density at radius 2 is 2.18 bits per heavy atom. The maximum absolute atomic E-state index is 5.56. The molecule has 1 saturated heterocycles. The molecule has 1 N–H and O–H groups in total. The van der Waals surface area contributed by atoms with Gasteiger partial charge in [-0.1, -0.05) is 0 Å². The maximum atomic E-state index is 5.56. The molecule has 0 aromatic rings. The molecule has 1 heterocycles. The highest BCUT2D eigenvalue weighted by Gasteiger charge is 2.34. The summed E-state index contributed by atoms with van der Waals surface area (Å²) in [6.45, 7) is 8.36. The Labute approximate surface area is 75.1 Å². The van der Waals surface area contributed by atoms with E-state index in [9.17, 15) is 0 Å². The standard InChI is InChI=1S/C8H17NO.ClH/c1-4-10-7-5-6-9-8(7,2)3;/h7,9H,4-6H2,1-3H3;1H. The summed E-state index contributed by atoms with van der Waals surface area (Å²) in [4.78, 5) is 0. The lowest BCUT2D eigenvalue weighted by Gasteiger charge is -2.26. The van der Waals surface area contributed by atoms with Gasteiger partial charge in [0.25, 0.3) is 0 Å². The molecule has 0 radical (unpaired) electrons. The van der Waals surface area contributed by atoms with Crippen molar-refractivity contribution in [3.8, 4) is 0 Å². The summed E-state index contributed by atoms with van der Waals surface area (Å²) in [6.07, 6.45) is 1.57. The molecule has 11 heavy (non-hydrogen) atoms. The summed E-state index contributed by atoms with van der Waals surface area (Å²) >= 11 is 0. The summed E-state index contributed by atoms with van der Waals surface area (Å²) in [7, 11) is 0. The Kier molecular flexibility index (Phi) is 4.37. The van der Waals surface area contributed by atoms with E-state index in [4.69, 9.17) is 4.74 Å². The first-order valence-electron chi connectivity index (χ1n) is 4.03. The second kappa shape index (κ2) is 4.29. The molecule has 0 aromatic carbocycles. The van der Waals surface area contributed by atoms with Gasteiger partial charge >= 0.3 is 0 Å². The molecule has 0 spiro atoms. The lowest BCUT2D eigenvalue weighted by Crippen LogP contribution is -2.42. The molecule has 0 saturated carbocycles. The molecule has 1 atom stereocenters. The lowest BCUT2D eigenvalue weighted by molar-refractivity contribution is 0.0285. The Morgan fingerprint density at radius 3 is 2.55 bits per heavy atom. The third kappa shape index (κ3) is 2.62. The number of halogens is 1. The van der Waals surface area contributed by atoms with Gasteiger partial charge in [0.2, 0.25) is 0 Å². The van der Waals surface area contributed by atoms with Crippen molar-refractivity contribution in [3.63, 3.8) is 0 Å². The molecule has 1 unspecified atom stereocenters. The summed E-state index contributed by atoms with van der Waals surface area (Å²) in [5, 5.41) is 3.41. The van der Waals surface area contributed by atoms with Crippen LogP contribution in [-0.4, -0.2) is 24.8 Å². The molecule has 2 nitrogen and oxygen atoms in total. The van der Waals surface area contributed by atoms with Gasteiger partial charge in [-0.15, -0.1) is 12.4 Å². The normalized spacial score (nSPS) is 28.1. The van der Waals surface area contributed by atoms with E-state index in [0.717, 1.165) is 19.6 Å². The predicted molar refractivity (Wildman–Crippen MR) is 49.4 cm³/mol. The van der Waals surface area contributed by atoms with Gasteiger partial charge in [0.15, 0.2) is 0 Å². The van der Waals surface area contributed by atoms with Gasteiger partial charge in [0.1, 0.15) is 0 Å². The Hall–Kier alpha value is 0.210. The molecule has 1 fully saturated rings. The molecule has 68 valence electrons. The van der Waals surface area contributed by atoms with Crippen LogP contribution < -0.4 is 5.32 Å². The van der Waals surface area contributed by atoms with Crippen LogP contribution in [0, 0.1) is 0 Å². The largest absolute Gasteiger partial charge is 0.377 e. The van der Waals surface area contributed by atoms with Crippen LogP contribution in [0.15, 0.2) is 0 Å². The quantitative estimate of drug-likeness (QED) is 0.695. The van der Waals surface area contributed by atoms with E-state index in [-0.39, 0.29) is 17.9 Å². The predicted octanol–water partition coefficient (Wildman–Crippen LogP) is 1.59. The van der Waals surface area contributed by atoms with Crippen molar-refractivity contribution >= 4 is 12.4 Å².